The number of hydrogen-bond acceptors (Lipinski definition) is 9. The molecule has 12 nitrogen and oxygen atoms in total. The first kappa shape index (κ1) is 39.8. The average Bonchev–Trinajstić information content (AvgIpc) is 3.90. The van der Waals surface area contributed by atoms with Gasteiger partial charge >= 0.3 is 0 Å². The molecule has 2 saturated heterocycles. The first-order valence-corrected chi connectivity index (χ1v) is 22.6. The number of rotatable bonds is 11. The number of fused-ring (bicyclic) bond motifs is 6. The van der Waals surface area contributed by atoms with E-state index in [-0.39, 0.29) is 11.8 Å². The Morgan fingerprint density at radius 3 is 1.90 bits per heavy atom. The van der Waals surface area contributed by atoms with E-state index in [0.29, 0.717) is 44.2 Å². The van der Waals surface area contributed by atoms with Crippen molar-refractivity contribution in [3.63, 3.8) is 0 Å². The van der Waals surface area contributed by atoms with E-state index in [1.54, 1.807) is 0 Å². The fourth-order valence-corrected chi connectivity index (χ4v) is 10.1. The summed E-state index contributed by atoms with van der Waals surface area (Å²) in [5.74, 6) is 5.01. The van der Waals surface area contributed by atoms with Gasteiger partial charge in [-0.05, 0) is 91.7 Å². The summed E-state index contributed by atoms with van der Waals surface area (Å²) in [5, 5.41) is 2.21. The Hall–Kier alpha value is -6.30. The number of carbonyl (C=O) groups is 2. The molecule has 0 bridgehead atoms. The highest BCUT2D eigenvalue weighted by Gasteiger charge is 2.31. The predicted octanol–water partition coefficient (Wildman–Crippen LogP) is 6.89. The van der Waals surface area contributed by atoms with Crippen LogP contribution in [0.1, 0.15) is 76.1 Å². The molecule has 2 aliphatic carbocycles. The second kappa shape index (κ2) is 17.2. The lowest BCUT2D eigenvalue weighted by molar-refractivity contribution is -0.127. The molecule has 4 aromatic heterocycles. The number of aromatic amines is 1. The SMILES string of the molecule is C=CC(=O)N1CCN(c2nc(CCc3ccccc3)nc3[nH]c4c(c23)CCC(c2ccc(CCc3nc(N5CCN(C(=O)C=C)CC5)c5c6c(oc5n3)CCCC6)cc2)C4)CC1. The maximum Gasteiger partial charge on any atom is 0.246 e. The van der Waals surface area contributed by atoms with Gasteiger partial charge in [-0.25, -0.2) is 15.0 Å². The van der Waals surface area contributed by atoms with Crippen LogP contribution < -0.4 is 9.80 Å². The van der Waals surface area contributed by atoms with Gasteiger partial charge in [-0.2, -0.15) is 4.98 Å². The van der Waals surface area contributed by atoms with Crippen molar-refractivity contribution < 1.29 is 14.0 Å². The molecule has 2 fully saturated rings. The number of amides is 2. The number of nitrogens with zero attached hydrogens (tertiary/aromatic N) is 8. The minimum Gasteiger partial charge on any atom is -0.442 e. The molecule has 0 saturated carbocycles. The molecule has 318 valence electrons. The number of anilines is 2. The van der Waals surface area contributed by atoms with Crippen LogP contribution in [-0.4, -0.2) is 98.9 Å². The zero-order valence-corrected chi connectivity index (χ0v) is 35.6. The van der Waals surface area contributed by atoms with Crippen molar-refractivity contribution in [2.75, 3.05) is 62.2 Å². The summed E-state index contributed by atoms with van der Waals surface area (Å²) in [6.07, 6.45) is 13.1. The van der Waals surface area contributed by atoms with Gasteiger partial charge in [0.15, 0.2) is 0 Å². The van der Waals surface area contributed by atoms with Crippen LogP contribution in [0, 0.1) is 0 Å². The Morgan fingerprint density at radius 1 is 0.661 bits per heavy atom. The molecule has 10 rings (SSSR count). The van der Waals surface area contributed by atoms with Crippen LogP contribution in [0.4, 0.5) is 11.6 Å². The second-order valence-corrected chi connectivity index (χ2v) is 17.3. The molecule has 4 aliphatic rings. The van der Waals surface area contributed by atoms with E-state index >= 15 is 0 Å². The summed E-state index contributed by atoms with van der Waals surface area (Å²) >= 11 is 0. The molecule has 6 heterocycles. The maximum atomic E-state index is 12.4. The topological polar surface area (TPSA) is 128 Å². The van der Waals surface area contributed by atoms with E-state index in [1.807, 2.05) is 15.9 Å². The van der Waals surface area contributed by atoms with Crippen LogP contribution in [0.25, 0.3) is 22.1 Å². The van der Waals surface area contributed by atoms with Gasteiger partial charge < -0.3 is 29.0 Å². The fourth-order valence-electron chi connectivity index (χ4n) is 10.1. The van der Waals surface area contributed by atoms with Crippen LogP contribution >= 0.6 is 0 Å². The molecule has 2 aliphatic heterocycles. The van der Waals surface area contributed by atoms with Gasteiger partial charge in [0.25, 0.3) is 0 Å². The number of H-pyrrole nitrogens is 1. The zero-order valence-electron chi connectivity index (χ0n) is 35.6. The monoisotopic (exact) mass is 829 g/mol. The molecule has 0 radical (unpaired) electrons. The van der Waals surface area contributed by atoms with Crippen molar-refractivity contribution in [3.05, 3.63) is 131 Å². The Kier molecular flexibility index (Phi) is 11.1. The summed E-state index contributed by atoms with van der Waals surface area (Å²) in [6.45, 7) is 12.8. The van der Waals surface area contributed by atoms with Crippen molar-refractivity contribution in [2.24, 2.45) is 0 Å². The van der Waals surface area contributed by atoms with Crippen LogP contribution in [0.2, 0.25) is 0 Å². The number of benzene rings is 2. The van der Waals surface area contributed by atoms with E-state index < -0.39 is 0 Å². The fraction of sp³-hybridized carbons (Fsp3) is 0.400. The van der Waals surface area contributed by atoms with Gasteiger partial charge in [-0.1, -0.05) is 67.8 Å². The normalized spacial score (nSPS) is 17.9. The van der Waals surface area contributed by atoms with E-state index in [0.717, 1.165) is 136 Å². The van der Waals surface area contributed by atoms with Crippen molar-refractivity contribution in [2.45, 2.75) is 76.5 Å². The number of carbonyl (C=O) groups excluding carboxylic acids is 2. The lowest BCUT2D eigenvalue weighted by atomic mass is 9.82. The minimum atomic E-state index is -0.0190. The summed E-state index contributed by atoms with van der Waals surface area (Å²) in [4.78, 5) is 57.5. The lowest BCUT2D eigenvalue weighted by Crippen LogP contribution is -2.48. The molecular weight excluding hydrogens is 775 g/mol. The van der Waals surface area contributed by atoms with E-state index in [1.165, 1.54) is 45.7 Å². The number of hydrogen-bond donors (Lipinski definition) is 1. The first-order valence-electron chi connectivity index (χ1n) is 22.6. The van der Waals surface area contributed by atoms with Gasteiger partial charge in [-0.15, -0.1) is 0 Å². The summed E-state index contributed by atoms with van der Waals surface area (Å²) < 4.78 is 6.42. The maximum absolute atomic E-state index is 12.4. The smallest absolute Gasteiger partial charge is 0.246 e. The molecule has 1 atom stereocenters. The number of piperazine rings is 2. The van der Waals surface area contributed by atoms with Gasteiger partial charge in [0.1, 0.15) is 34.7 Å². The number of aryl methyl sites for hydroxylation is 7. The second-order valence-electron chi connectivity index (χ2n) is 17.3. The predicted molar refractivity (Wildman–Crippen MR) is 243 cm³/mol. The van der Waals surface area contributed by atoms with Crippen LogP contribution in [0.15, 0.2) is 84.3 Å². The van der Waals surface area contributed by atoms with Crippen molar-refractivity contribution in [3.8, 4) is 0 Å². The lowest BCUT2D eigenvalue weighted by Gasteiger charge is -2.35. The third-order valence-electron chi connectivity index (χ3n) is 13.6. The third-order valence-corrected chi connectivity index (χ3v) is 13.6. The summed E-state index contributed by atoms with van der Waals surface area (Å²) in [6, 6.07) is 19.7. The quantitative estimate of drug-likeness (QED) is 0.139. The molecular formula is C50H55N9O3. The summed E-state index contributed by atoms with van der Waals surface area (Å²) in [5.41, 5.74) is 9.37. The largest absolute Gasteiger partial charge is 0.442 e. The van der Waals surface area contributed by atoms with Gasteiger partial charge in [0, 0.05) is 82.9 Å². The van der Waals surface area contributed by atoms with Gasteiger partial charge in [-0.3, -0.25) is 9.59 Å². The molecule has 1 N–H and O–H groups in total. The molecule has 2 amide bonds. The van der Waals surface area contributed by atoms with Crippen LogP contribution in [0.5, 0.6) is 0 Å². The highest BCUT2D eigenvalue weighted by Crippen LogP contribution is 2.40. The van der Waals surface area contributed by atoms with Crippen molar-refractivity contribution in [1.82, 2.24) is 34.7 Å². The molecule has 62 heavy (non-hydrogen) atoms. The van der Waals surface area contributed by atoms with E-state index in [2.05, 4.69) is 76.5 Å². The molecule has 6 aromatic rings. The Bertz CT molecular complexity index is 2630. The standard InChI is InChI=1S/C50H55N9O3/c1-3-43(60)56-24-28-58(29-25-56)48-45-37-21-20-36(32-39(37)51-47(45)52-41(53-48)22-16-33-10-6-5-7-11-33)35-18-14-34(15-19-35)17-23-42-54-49(59-30-26-57(27-31-59)44(61)4-2)46-38-12-8-9-13-40(38)62-50(46)55-42/h3-7,10-11,14-15,18-19,36H,1-2,8-9,12-13,16-17,20-32H2,(H,51,52,53). The van der Waals surface area contributed by atoms with E-state index in [9.17, 15) is 9.59 Å². The summed E-state index contributed by atoms with van der Waals surface area (Å²) in [7, 11) is 0. The first-order chi connectivity index (χ1) is 30.4. The number of nitrogens with one attached hydrogen (secondary N) is 1. The average molecular weight is 830 g/mol. The van der Waals surface area contributed by atoms with Crippen molar-refractivity contribution in [1.29, 1.82) is 0 Å². The molecule has 1 unspecified atom stereocenters. The Labute approximate surface area is 362 Å². The van der Waals surface area contributed by atoms with Gasteiger partial charge in [0.2, 0.25) is 17.5 Å². The zero-order chi connectivity index (χ0) is 42.2. The van der Waals surface area contributed by atoms with Crippen LogP contribution in [0.3, 0.4) is 0 Å². The minimum absolute atomic E-state index is 0.0160. The number of aromatic nitrogens is 5. The highest BCUT2D eigenvalue weighted by molar-refractivity contribution is 5.93. The highest BCUT2D eigenvalue weighted by atomic mass is 16.3. The Morgan fingerprint density at radius 2 is 1.26 bits per heavy atom. The van der Waals surface area contributed by atoms with Gasteiger partial charge in [0.05, 0.1) is 10.8 Å². The molecule has 12 heteroatoms. The molecule has 2 aromatic carbocycles. The molecule has 0 spiro atoms. The van der Waals surface area contributed by atoms with Crippen molar-refractivity contribution >= 4 is 45.6 Å². The Balaban J connectivity index is 0.856. The third kappa shape index (κ3) is 7.87. The van der Waals surface area contributed by atoms with E-state index in [4.69, 9.17) is 24.4 Å². The van der Waals surface area contributed by atoms with Crippen LogP contribution in [-0.2, 0) is 61.0 Å². The number of furan rings is 1.